The van der Waals surface area contributed by atoms with Gasteiger partial charge in [-0.25, -0.2) is 0 Å². The van der Waals surface area contributed by atoms with Crippen molar-refractivity contribution < 1.29 is 28.6 Å². The lowest BCUT2D eigenvalue weighted by molar-refractivity contribution is -0.166. The summed E-state index contributed by atoms with van der Waals surface area (Å²) >= 11 is 0. The van der Waals surface area contributed by atoms with Crippen LogP contribution in [0, 0.1) is 0 Å². The third-order valence-corrected chi connectivity index (χ3v) is 12.9. The molecule has 0 aromatic heterocycles. The second-order valence-corrected chi connectivity index (χ2v) is 20.2. The minimum absolute atomic E-state index is 0.115. The molecule has 0 heterocycles. The molecule has 0 saturated heterocycles. The highest BCUT2D eigenvalue weighted by atomic mass is 16.6. The predicted octanol–water partition coefficient (Wildman–Crippen LogP) is 21.2. The van der Waals surface area contributed by atoms with Gasteiger partial charge >= 0.3 is 17.9 Å². The number of unbranched alkanes of at least 4 members (excludes halogenated alkanes) is 24. The molecule has 0 bridgehead atoms. The van der Waals surface area contributed by atoms with Gasteiger partial charge in [0.25, 0.3) is 0 Å². The Hall–Kier alpha value is -4.19. The average Bonchev–Trinajstić information content (AvgIpc) is 3.41. The summed E-state index contributed by atoms with van der Waals surface area (Å²) in [7, 11) is 0. The summed E-state index contributed by atoms with van der Waals surface area (Å²) in [5.41, 5.74) is 0. The van der Waals surface area contributed by atoms with Gasteiger partial charge in [-0.1, -0.05) is 258 Å². The molecule has 6 nitrogen and oxygen atoms in total. The first-order valence-corrected chi connectivity index (χ1v) is 31.0. The molecule has 1 atom stereocenters. The Kier molecular flexibility index (Phi) is 58.9. The van der Waals surface area contributed by atoms with Crippen LogP contribution in [0.2, 0.25) is 0 Å². The molecule has 0 radical (unpaired) electrons. The van der Waals surface area contributed by atoms with Crippen molar-refractivity contribution in [2.45, 2.75) is 284 Å². The van der Waals surface area contributed by atoms with E-state index < -0.39 is 6.10 Å². The summed E-state index contributed by atoms with van der Waals surface area (Å²) in [6.45, 7) is 6.42. The lowest BCUT2D eigenvalue weighted by Gasteiger charge is -2.18. The Labute approximate surface area is 462 Å². The maximum atomic E-state index is 12.9. The molecular weight excluding hydrogens is 925 g/mol. The topological polar surface area (TPSA) is 78.9 Å². The molecule has 0 aliphatic carbocycles. The standard InChI is InChI=1S/C69H114O6/c1-4-7-10-13-16-19-22-25-28-31-33-34-36-39-42-45-48-51-54-57-60-63-69(72)75-66(64-73-67(70)61-58-55-52-49-46-43-40-37-30-27-24-21-18-15-12-9-6-3)65-74-68(71)62-59-56-53-50-47-44-41-38-35-32-29-26-23-20-17-14-11-8-5-2/h8,11,17-18,20-21,25-30,35,38,40,43-44,47,53,56,66H,4-7,9-10,12-16,19,22-24,31-34,36-37,39,41-42,45-46,48-52,54-55,57-65H2,1-3H3/b11-8-,20-17-,21-18-,28-25-,29-26-,30-27-,38-35-,43-40-,47-44-,56-53-/t66-/m0/s1. The smallest absolute Gasteiger partial charge is 0.306 e. The van der Waals surface area contributed by atoms with E-state index in [2.05, 4.69) is 136 Å². The first kappa shape index (κ1) is 70.8. The zero-order valence-electron chi connectivity index (χ0n) is 48.8. The third-order valence-electron chi connectivity index (χ3n) is 12.9. The summed E-state index contributed by atoms with van der Waals surface area (Å²) in [6.07, 6.45) is 86.3. The summed E-state index contributed by atoms with van der Waals surface area (Å²) < 4.78 is 16.8. The van der Waals surface area contributed by atoms with E-state index in [9.17, 15) is 14.4 Å². The average molecular weight is 1040 g/mol. The van der Waals surface area contributed by atoms with Crippen LogP contribution in [0.25, 0.3) is 0 Å². The van der Waals surface area contributed by atoms with Crippen molar-refractivity contribution in [3.63, 3.8) is 0 Å². The maximum absolute atomic E-state index is 12.9. The fraction of sp³-hybridized carbons (Fsp3) is 0.667. The quantitative estimate of drug-likeness (QED) is 0.0261. The van der Waals surface area contributed by atoms with Gasteiger partial charge in [0.05, 0.1) is 0 Å². The van der Waals surface area contributed by atoms with Crippen LogP contribution in [0.3, 0.4) is 0 Å². The number of hydrogen-bond donors (Lipinski definition) is 0. The van der Waals surface area contributed by atoms with Gasteiger partial charge in [0, 0.05) is 19.3 Å². The molecule has 0 unspecified atom stereocenters. The summed E-state index contributed by atoms with van der Waals surface area (Å²) in [6, 6.07) is 0. The molecule has 0 aromatic rings. The Balaban J connectivity index is 4.52. The highest BCUT2D eigenvalue weighted by molar-refractivity contribution is 5.71. The lowest BCUT2D eigenvalue weighted by atomic mass is 10.0. The second-order valence-electron chi connectivity index (χ2n) is 20.2. The van der Waals surface area contributed by atoms with Crippen LogP contribution in [0.1, 0.15) is 278 Å². The number of carbonyl (C=O) groups is 3. The normalized spacial score (nSPS) is 12.9. The van der Waals surface area contributed by atoms with Crippen molar-refractivity contribution in [3.05, 3.63) is 122 Å². The first-order valence-electron chi connectivity index (χ1n) is 31.0. The molecule has 0 aliphatic heterocycles. The highest BCUT2D eigenvalue weighted by Gasteiger charge is 2.19. The second kappa shape index (κ2) is 62.4. The number of ether oxygens (including phenoxy) is 3. The highest BCUT2D eigenvalue weighted by Crippen LogP contribution is 2.15. The van der Waals surface area contributed by atoms with Gasteiger partial charge in [-0.2, -0.15) is 0 Å². The molecule has 75 heavy (non-hydrogen) atoms. The van der Waals surface area contributed by atoms with E-state index in [1.54, 1.807) is 0 Å². The maximum Gasteiger partial charge on any atom is 0.306 e. The van der Waals surface area contributed by atoms with Gasteiger partial charge in [-0.3, -0.25) is 14.4 Å². The van der Waals surface area contributed by atoms with E-state index in [0.717, 1.165) is 103 Å². The number of rotatable bonds is 55. The minimum atomic E-state index is -0.823. The minimum Gasteiger partial charge on any atom is -0.462 e. The molecule has 0 N–H and O–H groups in total. The third kappa shape index (κ3) is 60.6. The Bertz CT molecular complexity index is 1570. The molecule has 426 valence electrons. The SMILES string of the molecule is CC/C=C\C/C=C\C/C=C\C/C=C\C/C=C\C/C=C\CCC(=O)OC[C@H](COC(=O)CCCCCC/C=C\C/C=C\C/C=C\CCCCC)OC(=O)CCCCCCCCCCCCC/C=C\CCCCCCCC. The van der Waals surface area contributed by atoms with Crippen molar-refractivity contribution in [1.82, 2.24) is 0 Å². The number of carbonyl (C=O) groups excluding carboxylic acids is 3. The molecule has 0 aliphatic rings. The molecule has 0 rings (SSSR count). The van der Waals surface area contributed by atoms with Crippen molar-refractivity contribution in [2.75, 3.05) is 13.2 Å². The zero-order valence-corrected chi connectivity index (χ0v) is 48.8. The van der Waals surface area contributed by atoms with Gasteiger partial charge in [-0.05, 0) is 122 Å². The van der Waals surface area contributed by atoms with Crippen LogP contribution in [0.5, 0.6) is 0 Å². The largest absolute Gasteiger partial charge is 0.462 e. The van der Waals surface area contributed by atoms with Crippen molar-refractivity contribution >= 4 is 17.9 Å². The van der Waals surface area contributed by atoms with E-state index >= 15 is 0 Å². The van der Waals surface area contributed by atoms with E-state index in [1.165, 1.54) is 128 Å². The van der Waals surface area contributed by atoms with Crippen LogP contribution >= 0.6 is 0 Å². The Morgan fingerprint density at radius 3 is 0.933 bits per heavy atom. The summed E-state index contributed by atoms with van der Waals surface area (Å²) in [4.78, 5) is 38.3. The van der Waals surface area contributed by atoms with Crippen molar-refractivity contribution in [1.29, 1.82) is 0 Å². The predicted molar refractivity (Wildman–Crippen MR) is 325 cm³/mol. The number of hydrogen-bond acceptors (Lipinski definition) is 6. The van der Waals surface area contributed by atoms with Crippen LogP contribution in [0.15, 0.2) is 122 Å². The summed E-state index contributed by atoms with van der Waals surface area (Å²) in [5.74, 6) is -1.02. The van der Waals surface area contributed by atoms with Crippen LogP contribution in [-0.2, 0) is 28.6 Å². The van der Waals surface area contributed by atoms with Crippen molar-refractivity contribution in [2.24, 2.45) is 0 Å². The van der Waals surface area contributed by atoms with E-state index in [4.69, 9.17) is 14.2 Å². The monoisotopic (exact) mass is 1040 g/mol. The Morgan fingerprint density at radius 1 is 0.280 bits per heavy atom. The van der Waals surface area contributed by atoms with Gasteiger partial charge in [0.15, 0.2) is 6.10 Å². The van der Waals surface area contributed by atoms with Gasteiger partial charge < -0.3 is 14.2 Å². The van der Waals surface area contributed by atoms with Gasteiger partial charge in [0.1, 0.15) is 13.2 Å². The van der Waals surface area contributed by atoms with Crippen LogP contribution in [0.4, 0.5) is 0 Å². The first-order chi connectivity index (χ1) is 37.0. The number of esters is 3. The van der Waals surface area contributed by atoms with Crippen molar-refractivity contribution in [3.8, 4) is 0 Å². The lowest BCUT2D eigenvalue weighted by Crippen LogP contribution is -2.30. The molecule has 0 saturated carbocycles. The van der Waals surface area contributed by atoms with Crippen LogP contribution < -0.4 is 0 Å². The van der Waals surface area contributed by atoms with E-state index in [1.807, 2.05) is 6.08 Å². The number of allylic oxidation sites excluding steroid dienone is 20. The van der Waals surface area contributed by atoms with E-state index in [-0.39, 0.29) is 37.5 Å². The fourth-order valence-corrected chi connectivity index (χ4v) is 8.29. The molecule has 6 heteroatoms. The van der Waals surface area contributed by atoms with Gasteiger partial charge in [-0.15, -0.1) is 0 Å². The van der Waals surface area contributed by atoms with E-state index in [0.29, 0.717) is 19.3 Å². The molecule has 0 aromatic carbocycles. The van der Waals surface area contributed by atoms with Gasteiger partial charge in [0.2, 0.25) is 0 Å². The molecule has 0 amide bonds. The summed E-state index contributed by atoms with van der Waals surface area (Å²) in [5, 5.41) is 0. The molecule has 0 spiro atoms. The molecular formula is C69H114O6. The Morgan fingerprint density at radius 2 is 0.547 bits per heavy atom. The fourth-order valence-electron chi connectivity index (χ4n) is 8.29. The van der Waals surface area contributed by atoms with Crippen LogP contribution in [-0.4, -0.2) is 37.2 Å². The molecule has 0 fully saturated rings. The zero-order chi connectivity index (χ0) is 54.3.